The van der Waals surface area contributed by atoms with Gasteiger partial charge in [-0.25, -0.2) is 22.2 Å². The van der Waals surface area contributed by atoms with Gasteiger partial charge in [-0.05, 0) is 41.7 Å². The third-order valence-electron chi connectivity index (χ3n) is 5.42. The lowest BCUT2D eigenvalue weighted by molar-refractivity contribution is -0.122. The number of hydrogen-bond acceptors (Lipinski definition) is 7. The highest BCUT2D eigenvalue weighted by Crippen LogP contribution is 2.17. The lowest BCUT2D eigenvalue weighted by Crippen LogP contribution is -2.49. The van der Waals surface area contributed by atoms with Crippen molar-refractivity contribution < 1.29 is 27.1 Å². The monoisotopic (exact) mass is 552 g/mol. The topological polar surface area (TPSA) is 120 Å². The van der Waals surface area contributed by atoms with Crippen molar-refractivity contribution in [2.75, 3.05) is 17.5 Å². The van der Waals surface area contributed by atoms with Gasteiger partial charge in [0.15, 0.2) is 5.82 Å². The molecule has 4 N–H and O–H groups in total. The third-order valence-corrected chi connectivity index (χ3v) is 6.85. The molecule has 0 saturated carbocycles. The lowest BCUT2D eigenvalue weighted by atomic mass is 10.00. The summed E-state index contributed by atoms with van der Waals surface area (Å²) in [6, 6.07) is 10.2. The van der Waals surface area contributed by atoms with E-state index in [4.69, 9.17) is 0 Å². The number of hydrogen-bond donors (Lipinski definition) is 4. The number of thiazole rings is 1. The predicted octanol–water partition coefficient (Wildman–Crippen LogP) is 2.78. The molecule has 0 unspecified atom stereocenters. The van der Waals surface area contributed by atoms with Crippen molar-refractivity contribution in [3.8, 4) is 0 Å². The van der Waals surface area contributed by atoms with E-state index in [1.165, 1.54) is 10.9 Å². The van der Waals surface area contributed by atoms with Crippen molar-refractivity contribution in [3.05, 3.63) is 81.2 Å². The van der Waals surface area contributed by atoms with E-state index in [0.29, 0.717) is 11.6 Å². The summed E-state index contributed by atoms with van der Waals surface area (Å²) in [5, 5.41) is 18.6. The Bertz CT molecular complexity index is 1300. The smallest absolute Gasteiger partial charge is 0.230 e. The van der Waals surface area contributed by atoms with Crippen LogP contribution in [-0.2, 0) is 40.6 Å². The van der Waals surface area contributed by atoms with Gasteiger partial charge in [-0.3, -0.25) is 9.52 Å². The molecular formula is C25H30F2N4O4S2. The summed E-state index contributed by atoms with van der Waals surface area (Å²) in [5.41, 5.74) is 2.52. The number of aliphatic hydroxyl groups excluding tert-OH is 1. The number of carbonyl (C=O) groups is 1. The van der Waals surface area contributed by atoms with Crippen LogP contribution in [0, 0.1) is 11.6 Å². The molecule has 0 aliphatic heterocycles. The second-order valence-corrected chi connectivity index (χ2v) is 11.4. The molecule has 0 aliphatic carbocycles. The van der Waals surface area contributed by atoms with E-state index in [0.717, 1.165) is 47.8 Å². The van der Waals surface area contributed by atoms with Gasteiger partial charge in [0.2, 0.25) is 15.9 Å². The van der Waals surface area contributed by atoms with Gasteiger partial charge in [0, 0.05) is 24.5 Å². The van der Waals surface area contributed by atoms with Crippen LogP contribution in [0.1, 0.15) is 28.6 Å². The molecule has 1 aromatic heterocycles. The van der Waals surface area contributed by atoms with Crippen LogP contribution in [0.15, 0.2) is 47.8 Å². The minimum atomic E-state index is -3.50. The lowest BCUT2D eigenvalue weighted by Gasteiger charge is -2.25. The number of nitrogens with zero attached hydrogens (tertiary/aromatic N) is 1. The van der Waals surface area contributed by atoms with Gasteiger partial charge in [-0.2, -0.15) is 0 Å². The summed E-state index contributed by atoms with van der Waals surface area (Å²) < 4.78 is 52.5. The third kappa shape index (κ3) is 9.80. The fourth-order valence-corrected chi connectivity index (χ4v) is 5.04. The fraction of sp³-hybridized carbons (Fsp3) is 0.360. The number of aromatic nitrogens is 1. The van der Waals surface area contributed by atoms with Gasteiger partial charge in [-0.1, -0.05) is 31.2 Å². The number of amides is 1. The maximum Gasteiger partial charge on any atom is 0.230 e. The molecule has 3 rings (SSSR count). The van der Waals surface area contributed by atoms with E-state index in [-0.39, 0.29) is 30.8 Å². The minimum absolute atomic E-state index is 0.00661. The highest BCUT2D eigenvalue weighted by Gasteiger charge is 2.23. The molecule has 8 nitrogen and oxygen atoms in total. The maximum absolute atomic E-state index is 13.7. The summed E-state index contributed by atoms with van der Waals surface area (Å²) in [7, 11) is -3.50. The molecule has 1 amide bonds. The largest absolute Gasteiger partial charge is 0.390 e. The second kappa shape index (κ2) is 13.0. The molecule has 0 spiro atoms. The van der Waals surface area contributed by atoms with E-state index >= 15 is 0 Å². The first-order chi connectivity index (χ1) is 17.5. The first-order valence-electron chi connectivity index (χ1n) is 11.6. The average molecular weight is 553 g/mol. The molecular weight excluding hydrogens is 522 g/mol. The number of aliphatic hydroxyl groups is 1. The highest BCUT2D eigenvalue weighted by molar-refractivity contribution is 7.92. The van der Waals surface area contributed by atoms with Crippen LogP contribution < -0.4 is 15.4 Å². The van der Waals surface area contributed by atoms with Crippen LogP contribution in [-0.4, -0.2) is 49.4 Å². The quantitative estimate of drug-likeness (QED) is 0.259. The van der Waals surface area contributed by atoms with E-state index in [1.807, 2.05) is 18.2 Å². The maximum atomic E-state index is 13.7. The number of carbonyl (C=O) groups excluding carboxylic acids is 1. The van der Waals surface area contributed by atoms with Gasteiger partial charge in [-0.15, -0.1) is 11.3 Å². The van der Waals surface area contributed by atoms with Gasteiger partial charge in [0.1, 0.15) is 16.6 Å². The number of halogens is 2. The summed E-state index contributed by atoms with van der Waals surface area (Å²) in [4.78, 5) is 16.8. The van der Waals surface area contributed by atoms with Crippen molar-refractivity contribution in [1.29, 1.82) is 0 Å². The van der Waals surface area contributed by atoms with Crippen molar-refractivity contribution in [2.45, 2.75) is 44.9 Å². The van der Waals surface area contributed by atoms with Crippen molar-refractivity contribution in [1.82, 2.24) is 15.6 Å². The fourth-order valence-electron chi connectivity index (χ4n) is 3.76. The van der Waals surface area contributed by atoms with Crippen LogP contribution >= 0.6 is 11.3 Å². The van der Waals surface area contributed by atoms with Crippen molar-refractivity contribution in [3.63, 3.8) is 0 Å². The highest BCUT2D eigenvalue weighted by atomic mass is 32.2. The molecule has 200 valence electrons. The molecule has 0 bridgehead atoms. The Balaban J connectivity index is 1.66. The Hall–Kier alpha value is -2.93. The van der Waals surface area contributed by atoms with Crippen LogP contribution in [0.2, 0.25) is 0 Å². The zero-order chi connectivity index (χ0) is 27.0. The van der Waals surface area contributed by atoms with Crippen molar-refractivity contribution in [2.24, 2.45) is 0 Å². The predicted molar refractivity (Wildman–Crippen MR) is 140 cm³/mol. The number of benzene rings is 2. The minimum Gasteiger partial charge on any atom is -0.390 e. The first-order valence-corrected chi connectivity index (χ1v) is 14.4. The van der Waals surface area contributed by atoms with Crippen LogP contribution in [0.5, 0.6) is 0 Å². The van der Waals surface area contributed by atoms with Crippen LogP contribution in [0.3, 0.4) is 0 Å². The summed E-state index contributed by atoms with van der Waals surface area (Å²) >= 11 is 1.10. The van der Waals surface area contributed by atoms with Crippen LogP contribution in [0.4, 0.5) is 14.6 Å². The van der Waals surface area contributed by atoms with E-state index in [2.05, 4.69) is 33.3 Å². The number of nitrogens with one attached hydrogen (secondary N) is 3. The first kappa shape index (κ1) is 28.6. The van der Waals surface area contributed by atoms with Crippen molar-refractivity contribution >= 4 is 33.1 Å². The molecule has 0 radical (unpaired) electrons. The normalized spacial score (nSPS) is 13.2. The van der Waals surface area contributed by atoms with Gasteiger partial charge in [0.05, 0.1) is 24.8 Å². The number of sulfonamides is 1. The molecule has 2 aromatic carbocycles. The summed E-state index contributed by atoms with van der Waals surface area (Å²) in [5.74, 6) is -1.87. The molecule has 37 heavy (non-hydrogen) atoms. The Morgan fingerprint density at radius 1 is 1.11 bits per heavy atom. The standard InChI is InChI=1S/C25H30F2N4O4S2/c1-3-16-5-4-6-17(7-16)13-28-14-22(32)21(10-18-8-19(26)11-20(27)9-18)29-24(33)12-25-30-23(15-36-25)31-37(2,34)35/h4-9,11,15,21-22,28,31-32H,3,10,12-14H2,1-2H3,(H,29,33)/t21-,22+/m0/s1. The molecule has 3 aromatic rings. The van der Waals surface area contributed by atoms with Crippen LogP contribution in [0.25, 0.3) is 0 Å². The molecule has 0 fully saturated rings. The average Bonchev–Trinajstić information content (AvgIpc) is 3.22. The Labute approximate surface area is 219 Å². The number of anilines is 1. The molecule has 12 heteroatoms. The molecule has 0 aliphatic rings. The molecule has 0 saturated heterocycles. The van der Waals surface area contributed by atoms with E-state index < -0.39 is 39.7 Å². The van der Waals surface area contributed by atoms with Gasteiger partial charge >= 0.3 is 0 Å². The van der Waals surface area contributed by atoms with Gasteiger partial charge < -0.3 is 15.7 Å². The molecule has 2 atom stereocenters. The SMILES string of the molecule is CCc1cccc(CNC[C@@H](O)[C@H](Cc2cc(F)cc(F)c2)NC(=O)Cc2nc(NS(C)(=O)=O)cs2)c1. The number of rotatable bonds is 13. The van der Waals surface area contributed by atoms with E-state index in [9.17, 15) is 27.1 Å². The Morgan fingerprint density at radius 2 is 1.81 bits per heavy atom. The molecule has 1 heterocycles. The Morgan fingerprint density at radius 3 is 2.49 bits per heavy atom. The Kier molecular flexibility index (Phi) is 10.1. The zero-order valence-corrected chi connectivity index (χ0v) is 22.1. The van der Waals surface area contributed by atoms with Gasteiger partial charge in [0.25, 0.3) is 0 Å². The number of aryl methyl sites for hydroxylation is 1. The summed E-state index contributed by atoms with van der Waals surface area (Å²) in [6.45, 7) is 2.68. The van der Waals surface area contributed by atoms with E-state index in [1.54, 1.807) is 0 Å². The summed E-state index contributed by atoms with van der Waals surface area (Å²) in [6.07, 6.45) is 0.665. The second-order valence-electron chi connectivity index (χ2n) is 8.71. The zero-order valence-electron chi connectivity index (χ0n) is 20.5.